The maximum Gasteiger partial charge on any atom is 0.301 e. The van der Waals surface area contributed by atoms with Crippen molar-refractivity contribution in [2.45, 2.75) is 59.3 Å². The number of rotatable bonds is 9. The van der Waals surface area contributed by atoms with Crippen molar-refractivity contribution in [2.24, 2.45) is 45.2 Å². The van der Waals surface area contributed by atoms with Gasteiger partial charge in [0.1, 0.15) is 11.4 Å². The lowest BCUT2D eigenvalue weighted by Crippen LogP contribution is -2.48. The highest BCUT2D eigenvalue weighted by Gasteiger charge is 2.56. The molecule has 0 amide bonds. The lowest BCUT2D eigenvalue weighted by atomic mass is 9.52. The Bertz CT molecular complexity index is 1630. The molecule has 2 N–H and O–H groups in total. The molecule has 6 atom stereocenters. The Hall–Kier alpha value is -5.02. The van der Waals surface area contributed by atoms with Gasteiger partial charge in [-0.2, -0.15) is 10.2 Å². The van der Waals surface area contributed by atoms with E-state index in [1.807, 2.05) is 6.92 Å². The van der Waals surface area contributed by atoms with Crippen LogP contribution in [0.3, 0.4) is 0 Å². The Morgan fingerprint density at radius 1 is 0.800 bits per heavy atom. The highest BCUT2D eigenvalue weighted by atomic mass is 16.6. The van der Waals surface area contributed by atoms with E-state index in [9.17, 15) is 40.5 Å². The summed E-state index contributed by atoms with van der Waals surface area (Å²) in [6.45, 7) is 6.37. The van der Waals surface area contributed by atoms with Crippen LogP contribution in [-0.2, 0) is 0 Å². The quantitative estimate of drug-likeness (QED) is 0.164. The van der Waals surface area contributed by atoms with Crippen LogP contribution in [0.2, 0.25) is 0 Å². The van der Waals surface area contributed by atoms with Gasteiger partial charge < -0.3 is 0 Å². The molecule has 0 unspecified atom stereocenters. The van der Waals surface area contributed by atoms with Crippen molar-refractivity contribution in [1.82, 2.24) is 0 Å². The predicted octanol–water partition coefficient (Wildman–Crippen LogP) is 7.06. The van der Waals surface area contributed by atoms with Crippen LogP contribution in [0.15, 0.2) is 46.6 Å². The molecule has 0 bridgehead atoms. The van der Waals surface area contributed by atoms with Crippen LogP contribution in [0, 0.1) is 75.5 Å². The monoisotopic (exact) mass is 622 g/mol. The van der Waals surface area contributed by atoms with Gasteiger partial charge in [-0.3, -0.25) is 51.3 Å². The number of fused-ring (bicyclic) bond motifs is 3. The summed E-state index contributed by atoms with van der Waals surface area (Å²) in [6.07, 6.45) is 5.55. The highest BCUT2D eigenvalue weighted by molar-refractivity contribution is 5.89. The van der Waals surface area contributed by atoms with Gasteiger partial charge in [0.15, 0.2) is 0 Å². The van der Waals surface area contributed by atoms with E-state index in [2.05, 4.69) is 34.9 Å². The first-order valence-electron chi connectivity index (χ1n) is 14.8. The van der Waals surface area contributed by atoms with Crippen LogP contribution in [0.1, 0.15) is 59.3 Å². The molecule has 238 valence electrons. The number of hydrazone groups is 2. The van der Waals surface area contributed by atoms with Gasteiger partial charge in [0.25, 0.3) is 11.4 Å². The van der Waals surface area contributed by atoms with E-state index in [0.717, 1.165) is 62.1 Å². The fraction of sp³-hybridized carbons (Fsp3) is 0.517. The zero-order valence-corrected chi connectivity index (χ0v) is 25.0. The fourth-order valence-corrected chi connectivity index (χ4v) is 8.10. The minimum Gasteiger partial charge on any atom is -0.272 e. The predicted molar refractivity (Wildman–Crippen MR) is 166 cm³/mol. The molecule has 5 rings (SSSR count). The third-order valence-corrected chi connectivity index (χ3v) is 10.3. The third-order valence-electron chi connectivity index (χ3n) is 10.3. The summed E-state index contributed by atoms with van der Waals surface area (Å²) in [5, 5.41) is 54.3. The van der Waals surface area contributed by atoms with Crippen LogP contribution in [-0.4, -0.2) is 31.1 Å². The number of hydrogen-bond donors (Lipinski definition) is 2. The molecule has 0 spiro atoms. The van der Waals surface area contributed by atoms with Crippen LogP contribution in [0.5, 0.6) is 0 Å². The van der Waals surface area contributed by atoms with Gasteiger partial charge in [-0.05, 0) is 86.7 Å². The molecule has 16 heteroatoms. The van der Waals surface area contributed by atoms with Crippen molar-refractivity contribution in [3.05, 3.63) is 76.9 Å². The SMILES string of the molecule is C/C(=N/Nc1ccc([N+](=O)[O-])cc1[N+](=O)[O-])[C@H]1CC[C@@H]2[C@@H]3CC/C(=N\Nc4ccc([N+](=O)[O-])cc4[N+](=O)[O-])[C@H](C)[C@@H]3CC[C@@]12C. The molecule has 0 aliphatic heterocycles. The minimum absolute atomic E-state index is 0.0101. The average Bonchev–Trinajstić information content (AvgIpc) is 3.36. The van der Waals surface area contributed by atoms with E-state index in [0.29, 0.717) is 17.8 Å². The number of anilines is 2. The van der Waals surface area contributed by atoms with Gasteiger partial charge in [0.2, 0.25) is 0 Å². The van der Waals surface area contributed by atoms with Gasteiger partial charge in [-0.1, -0.05) is 13.8 Å². The van der Waals surface area contributed by atoms with Gasteiger partial charge >= 0.3 is 11.4 Å². The van der Waals surface area contributed by atoms with Crippen molar-refractivity contribution in [2.75, 3.05) is 10.9 Å². The molecule has 3 aliphatic carbocycles. The largest absolute Gasteiger partial charge is 0.301 e. The normalized spacial score (nSPS) is 28.6. The number of nitro groups is 4. The zero-order chi connectivity index (χ0) is 32.6. The number of benzene rings is 2. The topological polar surface area (TPSA) is 221 Å². The molecule has 3 aliphatic rings. The average molecular weight is 623 g/mol. The Kier molecular flexibility index (Phi) is 8.49. The van der Waals surface area contributed by atoms with Crippen molar-refractivity contribution in [3.63, 3.8) is 0 Å². The summed E-state index contributed by atoms with van der Waals surface area (Å²) >= 11 is 0. The van der Waals surface area contributed by atoms with Crippen molar-refractivity contribution < 1.29 is 19.7 Å². The van der Waals surface area contributed by atoms with Crippen LogP contribution >= 0.6 is 0 Å². The number of hydrogen-bond acceptors (Lipinski definition) is 12. The van der Waals surface area contributed by atoms with Gasteiger partial charge in [-0.15, -0.1) is 0 Å². The first-order valence-corrected chi connectivity index (χ1v) is 14.8. The first kappa shape index (κ1) is 31.4. The summed E-state index contributed by atoms with van der Waals surface area (Å²) in [5.74, 6) is 1.63. The number of non-ortho nitro benzene ring substituents is 2. The highest BCUT2D eigenvalue weighted by Crippen LogP contribution is 2.62. The Balaban J connectivity index is 1.29. The standard InChI is InChI=1S/C29H34N8O8/c1-16-20-12-13-29(3)22(17(2)30-32-25-9-4-18(34(38)39)14-27(25)36(42)43)7-8-23(29)21(20)6-11-24(16)31-33-26-10-5-19(35(40)41)15-28(26)37(44)45/h4-5,9-10,14-16,20-23,32-33H,6-8,11-13H2,1-3H3/b30-17-,31-24+/t16-,20+,21-,22-,23-,29+/m1/s1. The zero-order valence-electron chi connectivity index (χ0n) is 25.0. The maximum atomic E-state index is 11.5. The molecular formula is C29H34N8O8. The van der Waals surface area contributed by atoms with Gasteiger partial charge in [0.05, 0.1) is 31.8 Å². The summed E-state index contributed by atoms with van der Waals surface area (Å²) in [4.78, 5) is 42.5. The molecule has 16 nitrogen and oxygen atoms in total. The Morgan fingerprint density at radius 3 is 1.93 bits per heavy atom. The molecule has 0 saturated heterocycles. The van der Waals surface area contributed by atoms with Crippen molar-refractivity contribution >= 4 is 45.5 Å². The van der Waals surface area contributed by atoms with E-state index in [1.54, 1.807) is 0 Å². The maximum absolute atomic E-state index is 11.5. The molecule has 2 aromatic rings. The third kappa shape index (κ3) is 5.91. The number of nitrogens with zero attached hydrogens (tertiary/aromatic N) is 6. The summed E-state index contributed by atoms with van der Waals surface area (Å²) in [7, 11) is 0. The lowest BCUT2D eigenvalue weighted by Gasteiger charge is -2.52. The van der Waals surface area contributed by atoms with Crippen molar-refractivity contribution in [1.29, 1.82) is 0 Å². The van der Waals surface area contributed by atoms with E-state index < -0.39 is 31.1 Å². The second-order valence-corrected chi connectivity index (χ2v) is 12.4. The second kappa shape index (κ2) is 12.2. The lowest BCUT2D eigenvalue weighted by molar-refractivity contribution is -0.393. The number of nitro benzene ring substituents is 4. The number of nitrogens with one attached hydrogen (secondary N) is 2. The smallest absolute Gasteiger partial charge is 0.272 e. The van der Waals surface area contributed by atoms with E-state index in [1.165, 1.54) is 24.3 Å². The van der Waals surface area contributed by atoms with Crippen LogP contribution in [0.25, 0.3) is 0 Å². The second-order valence-electron chi connectivity index (χ2n) is 12.4. The first-order chi connectivity index (χ1) is 21.3. The molecule has 45 heavy (non-hydrogen) atoms. The Labute approximate surface area is 257 Å². The molecule has 3 fully saturated rings. The fourth-order valence-electron chi connectivity index (χ4n) is 8.10. The van der Waals surface area contributed by atoms with Gasteiger partial charge in [-0.25, -0.2) is 0 Å². The van der Waals surface area contributed by atoms with E-state index in [-0.39, 0.29) is 40.0 Å². The molecule has 2 aromatic carbocycles. The van der Waals surface area contributed by atoms with Gasteiger partial charge in [0, 0.05) is 29.5 Å². The van der Waals surface area contributed by atoms with Crippen LogP contribution in [0.4, 0.5) is 34.1 Å². The summed E-state index contributed by atoms with van der Waals surface area (Å²) in [5.41, 5.74) is 5.99. The Morgan fingerprint density at radius 2 is 1.38 bits per heavy atom. The molecule has 0 heterocycles. The van der Waals surface area contributed by atoms with Crippen LogP contribution < -0.4 is 10.9 Å². The van der Waals surface area contributed by atoms with Crippen molar-refractivity contribution in [3.8, 4) is 0 Å². The van der Waals surface area contributed by atoms with E-state index in [4.69, 9.17) is 0 Å². The molecule has 0 radical (unpaired) electrons. The summed E-state index contributed by atoms with van der Waals surface area (Å²) in [6, 6.07) is 6.87. The molecule has 0 aromatic heterocycles. The molecule has 3 saturated carbocycles. The minimum atomic E-state index is -0.677. The summed E-state index contributed by atoms with van der Waals surface area (Å²) < 4.78 is 0. The molecular weight excluding hydrogens is 588 g/mol. The van der Waals surface area contributed by atoms with E-state index >= 15 is 0 Å².